The maximum absolute atomic E-state index is 12.8. The molecule has 1 spiro atoms. The second-order valence-electron chi connectivity index (χ2n) is 3.96. The highest BCUT2D eigenvalue weighted by atomic mass is 19.3. The van der Waals surface area contributed by atoms with Gasteiger partial charge in [0.2, 0.25) is 5.92 Å². The normalized spacial score (nSPS) is 42.0. The average Bonchev–Trinajstić information content (AvgIpc) is 2.43. The minimum absolute atomic E-state index is 0.0382. The third kappa shape index (κ3) is 1.26. The van der Waals surface area contributed by atoms with Crippen molar-refractivity contribution < 1.29 is 8.78 Å². The number of halogens is 2. The Balaban J connectivity index is 2.07. The van der Waals surface area contributed by atoms with E-state index in [1.54, 1.807) is 0 Å². The van der Waals surface area contributed by atoms with Crippen LogP contribution >= 0.6 is 0 Å². The molecule has 0 aromatic rings. The fourth-order valence-electron chi connectivity index (χ4n) is 2.33. The van der Waals surface area contributed by atoms with Gasteiger partial charge in [-0.05, 0) is 24.8 Å². The summed E-state index contributed by atoms with van der Waals surface area (Å²) in [6, 6.07) is 0. The summed E-state index contributed by atoms with van der Waals surface area (Å²) < 4.78 is 25.6. The van der Waals surface area contributed by atoms with E-state index in [1.807, 2.05) is 0 Å². The zero-order chi connectivity index (χ0) is 7.95. The lowest BCUT2D eigenvalue weighted by atomic mass is 9.85. The molecule has 2 fully saturated rings. The third-order valence-corrected chi connectivity index (χ3v) is 2.99. The quantitative estimate of drug-likeness (QED) is 0.571. The largest absolute Gasteiger partial charge is 0.316 e. The summed E-state index contributed by atoms with van der Waals surface area (Å²) >= 11 is 0. The molecule has 1 heterocycles. The molecule has 2 rings (SSSR count). The standard InChI is InChI=1S/C8H13F2N/c9-8(10)2-1-7(5-8)3-4-11-6-7/h11H,1-6H2. The van der Waals surface area contributed by atoms with Crippen LogP contribution in [0.1, 0.15) is 25.7 Å². The molecule has 64 valence electrons. The lowest BCUT2D eigenvalue weighted by Crippen LogP contribution is -2.22. The van der Waals surface area contributed by atoms with Gasteiger partial charge in [-0.25, -0.2) is 8.78 Å². The van der Waals surface area contributed by atoms with Crippen LogP contribution in [0.3, 0.4) is 0 Å². The highest BCUT2D eigenvalue weighted by molar-refractivity contribution is 4.97. The van der Waals surface area contributed by atoms with Gasteiger partial charge in [0.25, 0.3) is 0 Å². The lowest BCUT2D eigenvalue weighted by Gasteiger charge is -2.20. The molecule has 1 aliphatic heterocycles. The van der Waals surface area contributed by atoms with E-state index < -0.39 is 5.92 Å². The van der Waals surface area contributed by atoms with Gasteiger partial charge in [0.1, 0.15) is 0 Å². The van der Waals surface area contributed by atoms with Crippen molar-refractivity contribution in [2.45, 2.75) is 31.6 Å². The highest BCUT2D eigenvalue weighted by Gasteiger charge is 2.50. The average molecular weight is 161 g/mol. The van der Waals surface area contributed by atoms with Gasteiger partial charge in [0.15, 0.2) is 0 Å². The number of hydrogen-bond acceptors (Lipinski definition) is 1. The Morgan fingerprint density at radius 3 is 2.36 bits per heavy atom. The second-order valence-corrected chi connectivity index (χ2v) is 3.96. The maximum atomic E-state index is 12.8. The summed E-state index contributed by atoms with van der Waals surface area (Å²) in [5.74, 6) is -2.37. The van der Waals surface area contributed by atoms with Crippen LogP contribution in [0.2, 0.25) is 0 Å². The van der Waals surface area contributed by atoms with Crippen molar-refractivity contribution in [3.63, 3.8) is 0 Å². The van der Waals surface area contributed by atoms with Crippen LogP contribution in [0.4, 0.5) is 8.78 Å². The number of rotatable bonds is 0. The van der Waals surface area contributed by atoms with E-state index in [2.05, 4.69) is 5.32 Å². The Bertz CT molecular complexity index is 161. The molecule has 0 amide bonds. The molecule has 1 N–H and O–H groups in total. The summed E-state index contributed by atoms with van der Waals surface area (Å²) in [7, 11) is 0. The van der Waals surface area contributed by atoms with Gasteiger partial charge < -0.3 is 5.32 Å². The van der Waals surface area contributed by atoms with Gasteiger partial charge in [-0.2, -0.15) is 0 Å². The molecule has 0 bridgehead atoms. The van der Waals surface area contributed by atoms with E-state index in [4.69, 9.17) is 0 Å². The van der Waals surface area contributed by atoms with Crippen LogP contribution in [0.15, 0.2) is 0 Å². The second kappa shape index (κ2) is 2.16. The Kier molecular flexibility index (Phi) is 1.46. The molecule has 11 heavy (non-hydrogen) atoms. The van der Waals surface area contributed by atoms with E-state index >= 15 is 0 Å². The minimum atomic E-state index is -2.37. The third-order valence-electron chi connectivity index (χ3n) is 2.99. The minimum Gasteiger partial charge on any atom is -0.316 e. The Hall–Kier alpha value is -0.180. The molecule has 0 radical (unpaired) electrons. The van der Waals surface area contributed by atoms with E-state index in [1.165, 1.54) is 0 Å². The van der Waals surface area contributed by atoms with Crippen molar-refractivity contribution in [2.75, 3.05) is 13.1 Å². The number of alkyl halides is 2. The summed E-state index contributed by atoms with van der Waals surface area (Å²) in [6.45, 7) is 1.73. The van der Waals surface area contributed by atoms with E-state index in [0.29, 0.717) is 6.42 Å². The van der Waals surface area contributed by atoms with E-state index in [0.717, 1.165) is 19.5 Å². The molecule has 2 aliphatic rings. The van der Waals surface area contributed by atoms with Crippen molar-refractivity contribution in [2.24, 2.45) is 5.41 Å². The zero-order valence-electron chi connectivity index (χ0n) is 6.50. The van der Waals surface area contributed by atoms with Gasteiger partial charge in [0, 0.05) is 19.4 Å². The van der Waals surface area contributed by atoms with E-state index in [9.17, 15) is 8.78 Å². The van der Waals surface area contributed by atoms with Crippen LogP contribution < -0.4 is 5.32 Å². The van der Waals surface area contributed by atoms with Crippen LogP contribution in [-0.4, -0.2) is 19.0 Å². The monoisotopic (exact) mass is 161 g/mol. The number of hydrogen-bond donors (Lipinski definition) is 1. The fourth-order valence-corrected chi connectivity index (χ4v) is 2.33. The van der Waals surface area contributed by atoms with Crippen molar-refractivity contribution >= 4 is 0 Å². The van der Waals surface area contributed by atoms with Gasteiger partial charge in [-0.15, -0.1) is 0 Å². The van der Waals surface area contributed by atoms with E-state index in [-0.39, 0.29) is 18.3 Å². The van der Waals surface area contributed by atoms with Crippen molar-refractivity contribution in [1.82, 2.24) is 5.32 Å². The fraction of sp³-hybridized carbons (Fsp3) is 1.00. The molecule has 0 aromatic carbocycles. The summed E-state index contributed by atoms with van der Waals surface area (Å²) in [4.78, 5) is 0. The molecule has 1 saturated heterocycles. The molecule has 3 heteroatoms. The smallest absolute Gasteiger partial charge is 0.248 e. The van der Waals surface area contributed by atoms with Crippen LogP contribution in [0.5, 0.6) is 0 Å². The predicted octanol–water partition coefficient (Wildman–Crippen LogP) is 1.79. The highest BCUT2D eigenvalue weighted by Crippen LogP contribution is 2.50. The molecular formula is C8H13F2N. The SMILES string of the molecule is FC1(F)CCC2(CCNC2)C1. The predicted molar refractivity (Wildman–Crippen MR) is 38.7 cm³/mol. The first kappa shape index (κ1) is 7.47. The molecule has 1 nitrogen and oxygen atoms in total. The first-order chi connectivity index (χ1) is 5.12. The van der Waals surface area contributed by atoms with Crippen molar-refractivity contribution in [3.05, 3.63) is 0 Å². The molecule has 1 saturated carbocycles. The van der Waals surface area contributed by atoms with Gasteiger partial charge in [-0.3, -0.25) is 0 Å². The van der Waals surface area contributed by atoms with Gasteiger partial charge in [0.05, 0.1) is 0 Å². The van der Waals surface area contributed by atoms with Crippen molar-refractivity contribution in [1.29, 1.82) is 0 Å². The van der Waals surface area contributed by atoms with Crippen LogP contribution in [-0.2, 0) is 0 Å². The van der Waals surface area contributed by atoms with Gasteiger partial charge >= 0.3 is 0 Å². The molecule has 1 aliphatic carbocycles. The Morgan fingerprint density at radius 1 is 1.09 bits per heavy atom. The topological polar surface area (TPSA) is 12.0 Å². The molecule has 1 unspecified atom stereocenters. The lowest BCUT2D eigenvalue weighted by molar-refractivity contribution is -0.00202. The van der Waals surface area contributed by atoms with Crippen LogP contribution in [0, 0.1) is 5.41 Å². The van der Waals surface area contributed by atoms with Crippen molar-refractivity contribution in [3.8, 4) is 0 Å². The first-order valence-corrected chi connectivity index (χ1v) is 4.21. The van der Waals surface area contributed by atoms with Crippen LogP contribution in [0.25, 0.3) is 0 Å². The zero-order valence-corrected chi connectivity index (χ0v) is 6.50. The summed E-state index contributed by atoms with van der Waals surface area (Å²) in [5.41, 5.74) is -0.0382. The Labute approximate surface area is 65.2 Å². The van der Waals surface area contributed by atoms with Gasteiger partial charge in [-0.1, -0.05) is 0 Å². The number of nitrogens with one attached hydrogen (secondary N) is 1. The molecule has 0 aromatic heterocycles. The molecule has 1 atom stereocenters. The molecular weight excluding hydrogens is 148 g/mol. The summed E-state index contributed by atoms with van der Waals surface area (Å²) in [5, 5.41) is 3.16. The maximum Gasteiger partial charge on any atom is 0.248 e. The first-order valence-electron chi connectivity index (χ1n) is 4.21. The summed E-state index contributed by atoms with van der Waals surface area (Å²) in [6.07, 6.45) is 1.89. The Morgan fingerprint density at radius 2 is 1.91 bits per heavy atom.